The molecule has 0 fully saturated rings. The Morgan fingerprint density at radius 1 is 1.35 bits per heavy atom. The summed E-state index contributed by atoms with van der Waals surface area (Å²) >= 11 is 1.01. The number of anilines is 1. The fourth-order valence-corrected chi connectivity index (χ4v) is 2.72. The Morgan fingerprint density at radius 3 is 2.83 bits per heavy atom. The van der Waals surface area contributed by atoms with Gasteiger partial charge in [-0.05, 0) is 19.9 Å². The number of nitrogens with two attached hydrogens (primary N) is 1. The summed E-state index contributed by atoms with van der Waals surface area (Å²) in [5.74, 6) is -0.103. The maximum absolute atomic E-state index is 12.0. The monoisotopic (exact) mass is 331 g/mol. The standard InChI is InChI=1S/C13H13N7O2S/c1-6-3-7(2)20-12(16-6)17-9(19-20)4-10(21)18-13-15-5-8(23-13)11(14)22/h3,5H,4H2,1-2H3,(H2,14,22)(H,15,18,21). The zero-order valence-corrected chi connectivity index (χ0v) is 13.2. The Bertz CT molecular complexity index is 914. The first-order valence-electron chi connectivity index (χ1n) is 6.68. The quantitative estimate of drug-likeness (QED) is 0.715. The molecule has 3 aromatic rings. The van der Waals surface area contributed by atoms with Crippen LogP contribution in [0.15, 0.2) is 12.3 Å². The smallest absolute Gasteiger partial charge is 0.260 e. The summed E-state index contributed by atoms with van der Waals surface area (Å²) in [7, 11) is 0. The van der Waals surface area contributed by atoms with Crippen LogP contribution >= 0.6 is 11.3 Å². The van der Waals surface area contributed by atoms with Crippen LogP contribution in [-0.4, -0.2) is 36.4 Å². The van der Waals surface area contributed by atoms with Crippen LogP contribution < -0.4 is 11.1 Å². The van der Waals surface area contributed by atoms with Crippen LogP contribution in [0.5, 0.6) is 0 Å². The molecule has 3 heterocycles. The highest BCUT2D eigenvalue weighted by Crippen LogP contribution is 2.17. The van der Waals surface area contributed by atoms with Gasteiger partial charge in [0.2, 0.25) is 5.91 Å². The molecule has 0 aliphatic heterocycles. The predicted octanol–water partition coefficient (Wildman–Crippen LogP) is 0.478. The average molecular weight is 331 g/mol. The van der Waals surface area contributed by atoms with E-state index in [0.29, 0.717) is 16.7 Å². The number of hydrogen-bond donors (Lipinski definition) is 2. The molecule has 10 heteroatoms. The minimum Gasteiger partial charge on any atom is -0.365 e. The van der Waals surface area contributed by atoms with Crippen molar-refractivity contribution in [2.75, 3.05) is 5.32 Å². The third kappa shape index (κ3) is 3.16. The second-order valence-electron chi connectivity index (χ2n) is 4.90. The molecule has 2 amide bonds. The van der Waals surface area contributed by atoms with Crippen LogP contribution in [0.25, 0.3) is 5.78 Å². The molecular formula is C13H13N7O2S. The number of amides is 2. The second-order valence-corrected chi connectivity index (χ2v) is 5.93. The molecule has 0 atom stereocenters. The summed E-state index contributed by atoms with van der Waals surface area (Å²) < 4.78 is 1.59. The number of aryl methyl sites for hydroxylation is 2. The van der Waals surface area contributed by atoms with Crippen molar-refractivity contribution in [3.8, 4) is 0 Å². The normalized spacial score (nSPS) is 10.9. The van der Waals surface area contributed by atoms with Gasteiger partial charge in [0.05, 0.1) is 12.6 Å². The number of aromatic nitrogens is 5. The van der Waals surface area contributed by atoms with E-state index in [2.05, 4.69) is 25.4 Å². The number of fused-ring (bicyclic) bond motifs is 1. The van der Waals surface area contributed by atoms with Crippen molar-refractivity contribution < 1.29 is 9.59 Å². The number of nitrogens with one attached hydrogen (secondary N) is 1. The molecule has 118 valence electrons. The van der Waals surface area contributed by atoms with Crippen LogP contribution in [0.2, 0.25) is 0 Å². The Labute approximate surface area is 134 Å². The van der Waals surface area contributed by atoms with Gasteiger partial charge in [-0.2, -0.15) is 4.98 Å². The third-order valence-electron chi connectivity index (χ3n) is 2.98. The minimum absolute atomic E-state index is 0.0205. The first-order valence-corrected chi connectivity index (χ1v) is 7.49. The number of thiazole rings is 1. The van der Waals surface area contributed by atoms with Crippen molar-refractivity contribution >= 4 is 34.1 Å². The SMILES string of the molecule is Cc1cc(C)n2nc(CC(=O)Nc3ncc(C(N)=O)s3)nc2n1. The van der Waals surface area contributed by atoms with Gasteiger partial charge in [0.1, 0.15) is 4.88 Å². The lowest BCUT2D eigenvalue weighted by Crippen LogP contribution is -2.15. The van der Waals surface area contributed by atoms with Gasteiger partial charge in [-0.1, -0.05) is 11.3 Å². The zero-order chi connectivity index (χ0) is 16.6. The Morgan fingerprint density at radius 2 is 2.13 bits per heavy atom. The Kier molecular flexibility index (Phi) is 3.74. The Hall–Kier alpha value is -2.88. The maximum Gasteiger partial charge on any atom is 0.260 e. The van der Waals surface area contributed by atoms with Gasteiger partial charge in [0.15, 0.2) is 11.0 Å². The van der Waals surface area contributed by atoms with Gasteiger partial charge in [0, 0.05) is 11.4 Å². The lowest BCUT2D eigenvalue weighted by atomic mass is 10.4. The van der Waals surface area contributed by atoms with E-state index >= 15 is 0 Å². The molecule has 9 nitrogen and oxygen atoms in total. The maximum atomic E-state index is 12.0. The number of rotatable bonds is 4. The predicted molar refractivity (Wildman–Crippen MR) is 83.2 cm³/mol. The number of nitrogens with zero attached hydrogens (tertiary/aromatic N) is 5. The van der Waals surface area contributed by atoms with E-state index < -0.39 is 5.91 Å². The number of hydrogen-bond acceptors (Lipinski definition) is 7. The van der Waals surface area contributed by atoms with Crippen LogP contribution in [0, 0.1) is 13.8 Å². The summed E-state index contributed by atoms with van der Waals surface area (Å²) in [6, 6.07) is 1.88. The van der Waals surface area contributed by atoms with Gasteiger partial charge in [-0.3, -0.25) is 9.59 Å². The fourth-order valence-electron chi connectivity index (χ4n) is 2.04. The largest absolute Gasteiger partial charge is 0.365 e. The molecule has 23 heavy (non-hydrogen) atoms. The number of carbonyl (C=O) groups excluding carboxylic acids is 2. The van der Waals surface area contributed by atoms with Crippen molar-refractivity contribution in [2.24, 2.45) is 5.73 Å². The lowest BCUT2D eigenvalue weighted by Gasteiger charge is -1.98. The molecule has 3 rings (SSSR count). The summed E-state index contributed by atoms with van der Waals surface area (Å²) in [6.07, 6.45) is 1.30. The van der Waals surface area contributed by atoms with E-state index in [1.165, 1.54) is 6.20 Å². The van der Waals surface area contributed by atoms with E-state index in [4.69, 9.17) is 5.73 Å². The van der Waals surface area contributed by atoms with Crippen molar-refractivity contribution in [1.82, 2.24) is 24.6 Å². The molecule has 0 aliphatic rings. The minimum atomic E-state index is -0.582. The molecule has 0 unspecified atom stereocenters. The fraction of sp³-hybridized carbons (Fsp3) is 0.231. The van der Waals surface area contributed by atoms with Gasteiger partial charge in [0.25, 0.3) is 11.7 Å². The zero-order valence-electron chi connectivity index (χ0n) is 12.4. The van der Waals surface area contributed by atoms with Gasteiger partial charge >= 0.3 is 0 Å². The summed E-state index contributed by atoms with van der Waals surface area (Å²) in [5.41, 5.74) is 6.86. The average Bonchev–Trinajstić information content (AvgIpc) is 3.05. The van der Waals surface area contributed by atoms with E-state index in [1.807, 2.05) is 19.9 Å². The van der Waals surface area contributed by atoms with Crippen LogP contribution in [-0.2, 0) is 11.2 Å². The van der Waals surface area contributed by atoms with Crippen LogP contribution in [0.3, 0.4) is 0 Å². The second kappa shape index (κ2) is 5.72. The molecule has 0 spiro atoms. The number of carbonyl (C=O) groups is 2. The first kappa shape index (κ1) is 15.0. The van der Waals surface area contributed by atoms with E-state index in [0.717, 1.165) is 22.7 Å². The van der Waals surface area contributed by atoms with E-state index in [9.17, 15) is 9.59 Å². The first-order chi connectivity index (χ1) is 10.9. The van der Waals surface area contributed by atoms with E-state index in [-0.39, 0.29) is 17.2 Å². The highest BCUT2D eigenvalue weighted by molar-refractivity contribution is 7.17. The lowest BCUT2D eigenvalue weighted by molar-refractivity contribution is -0.115. The molecule has 0 saturated heterocycles. The van der Waals surface area contributed by atoms with Crippen molar-refractivity contribution in [1.29, 1.82) is 0 Å². The molecule has 0 aliphatic carbocycles. The number of primary amides is 1. The molecule has 0 saturated carbocycles. The van der Waals surface area contributed by atoms with E-state index in [1.54, 1.807) is 4.52 Å². The molecule has 0 bridgehead atoms. The van der Waals surface area contributed by atoms with Crippen molar-refractivity contribution in [3.05, 3.63) is 34.4 Å². The van der Waals surface area contributed by atoms with Crippen molar-refractivity contribution in [2.45, 2.75) is 20.3 Å². The summed E-state index contributed by atoms with van der Waals surface area (Å²) in [4.78, 5) is 35.7. The van der Waals surface area contributed by atoms with Crippen molar-refractivity contribution in [3.63, 3.8) is 0 Å². The molecule has 3 N–H and O–H groups in total. The van der Waals surface area contributed by atoms with Crippen LogP contribution in [0.4, 0.5) is 5.13 Å². The highest BCUT2D eigenvalue weighted by atomic mass is 32.1. The third-order valence-corrected chi connectivity index (χ3v) is 3.90. The van der Waals surface area contributed by atoms with Gasteiger partial charge in [-0.25, -0.2) is 14.5 Å². The van der Waals surface area contributed by atoms with Crippen LogP contribution in [0.1, 0.15) is 26.9 Å². The summed E-state index contributed by atoms with van der Waals surface area (Å²) in [6.45, 7) is 3.76. The van der Waals surface area contributed by atoms with Gasteiger partial charge in [-0.15, -0.1) is 5.10 Å². The Balaban J connectivity index is 1.74. The summed E-state index contributed by atoms with van der Waals surface area (Å²) in [5, 5.41) is 7.15. The topological polar surface area (TPSA) is 128 Å². The molecule has 3 aromatic heterocycles. The van der Waals surface area contributed by atoms with Gasteiger partial charge < -0.3 is 11.1 Å². The molecule has 0 aromatic carbocycles. The highest BCUT2D eigenvalue weighted by Gasteiger charge is 2.14. The molecular weight excluding hydrogens is 318 g/mol. The molecule has 0 radical (unpaired) electrons.